The van der Waals surface area contributed by atoms with Crippen molar-refractivity contribution in [1.82, 2.24) is 0 Å². The molecule has 162 valence electrons. The molecule has 33 heavy (non-hydrogen) atoms. The van der Waals surface area contributed by atoms with Gasteiger partial charge in [0.2, 0.25) is 10.9 Å². The molecule has 0 amide bonds. The van der Waals surface area contributed by atoms with Crippen molar-refractivity contribution in [2.75, 3.05) is 0 Å². The van der Waals surface area contributed by atoms with Crippen molar-refractivity contribution in [2.24, 2.45) is 0 Å². The van der Waals surface area contributed by atoms with Gasteiger partial charge in [-0.1, -0.05) is 0 Å². The number of thiophene rings is 1. The minimum Gasteiger partial charge on any atom is -0.427 e. The van der Waals surface area contributed by atoms with Crippen LogP contribution in [0.3, 0.4) is 0 Å². The van der Waals surface area contributed by atoms with Crippen LogP contribution >= 0.6 is 11.3 Å². The molecule has 0 saturated carbocycles. The van der Waals surface area contributed by atoms with Crippen LogP contribution < -0.4 is 31.2 Å². The largest absolute Gasteiger partial charge is 0.427 e. The van der Waals surface area contributed by atoms with Crippen LogP contribution in [-0.2, 0) is 9.59 Å². The molecular formula is C24H12O8S. The molecule has 0 fully saturated rings. The van der Waals surface area contributed by atoms with E-state index in [0.717, 1.165) is 11.3 Å². The normalized spacial score (nSPS) is 11.5. The molecule has 1 aromatic heterocycles. The number of esters is 2. The quantitative estimate of drug-likeness (QED) is 0.291. The lowest BCUT2D eigenvalue weighted by Gasteiger charge is -2.03. The molecule has 8 nitrogen and oxygen atoms in total. The first kappa shape index (κ1) is 20.7. The summed E-state index contributed by atoms with van der Waals surface area (Å²) < 4.78 is 10.0. The zero-order valence-corrected chi connectivity index (χ0v) is 18.0. The van der Waals surface area contributed by atoms with E-state index >= 15 is 0 Å². The summed E-state index contributed by atoms with van der Waals surface area (Å²) in [5.41, 5.74) is -2.24. The minimum atomic E-state index is -0.619. The van der Waals surface area contributed by atoms with Gasteiger partial charge in [-0.15, -0.1) is 11.3 Å². The van der Waals surface area contributed by atoms with Gasteiger partial charge in [0, 0.05) is 35.4 Å². The van der Waals surface area contributed by atoms with Crippen LogP contribution in [0.1, 0.15) is 13.8 Å². The number of ether oxygens (including phenoxy) is 2. The van der Waals surface area contributed by atoms with E-state index in [9.17, 15) is 28.8 Å². The summed E-state index contributed by atoms with van der Waals surface area (Å²) in [4.78, 5) is 75.6. The van der Waals surface area contributed by atoms with Gasteiger partial charge in [0.05, 0.1) is 20.2 Å². The molecule has 0 aliphatic carbocycles. The summed E-state index contributed by atoms with van der Waals surface area (Å²) in [7, 11) is 0. The van der Waals surface area contributed by atoms with Gasteiger partial charge in [-0.3, -0.25) is 28.8 Å². The van der Waals surface area contributed by atoms with Gasteiger partial charge in [-0.25, -0.2) is 0 Å². The molecule has 0 atom stereocenters. The lowest BCUT2D eigenvalue weighted by Crippen LogP contribution is -2.15. The topological polar surface area (TPSA) is 121 Å². The van der Waals surface area contributed by atoms with Gasteiger partial charge < -0.3 is 9.47 Å². The fraction of sp³-hybridized carbons (Fsp3) is 0.0833. The Morgan fingerprint density at radius 2 is 1.00 bits per heavy atom. The van der Waals surface area contributed by atoms with Gasteiger partial charge in [0.25, 0.3) is 0 Å². The highest BCUT2D eigenvalue weighted by Crippen LogP contribution is 2.30. The first-order chi connectivity index (χ1) is 15.7. The number of rotatable bonds is 2. The Morgan fingerprint density at radius 3 is 1.36 bits per heavy atom. The number of benzene rings is 4. The maximum Gasteiger partial charge on any atom is 0.308 e. The summed E-state index contributed by atoms with van der Waals surface area (Å²) in [5.74, 6) is -1.04. The molecule has 0 unspecified atom stereocenters. The summed E-state index contributed by atoms with van der Waals surface area (Å²) in [6.45, 7) is 2.40. The summed E-state index contributed by atoms with van der Waals surface area (Å²) in [5, 5.41) is -0.144. The Labute approximate surface area is 186 Å². The van der Waals surface area contributed by atoms with Crippen molar-refractivity contribution in [3.63, 3.8) is 0 Å². The molecule has 0 radical (unpaired) electrons. The molecule has 0 bridgehead atoms. The molecule has 5 rings (SSSR count). The zero-order valence-electron chi connectivity index (χ0n) is 17.1. The first-order valence-corrected chi connectivity index (χ1v) is 10.5. The second-order valence-electron chi connectivity index (χ2n) is 7.43. The Kier molecular flexibility index (Phi) is 4.47. The molecule has 5 aromatic rings. The standard InChI is InChI=1S/C24H12O8S/c1-9(25)31-11-3-5-13-15(7-11)19(27)17-18-20(28)16-8-12(32-10(2)26)4-6-14(16)22(30)24(18)33-23(17)21(13)29/h3-8H,1-2H3. The Balaban J connectivity index is 1.97. The molecule has 9 heteroatoms. The average Bonchev–Trinajstić information content (AvgIpc) is 3.16. The fourth-order valence-corrected chi connectivity index (χ4v) is 5.18. The van der Waals surface area contributed by atoms with Crippen LogP contribution in [0.15, 0.2) is 55.6 Å². The molecule has 4 aromatic carbocycles. The van der Waals surface area contributed by atoms with Crippen LogP contribution in [-0.4, -0.2) is 11.9 Å². The van der Waals surface area contributed by atoms with E-state index in [1.807, 2.05) is 0 Å². The average molecular weight is 460 g/mol. The maximum absolute atomic E-state index is 13.4. The predicted octanol–water partition coefficient (Wildman–Crippen LogP) is 2.53. The lowest BCUT2D eigenvalue weighted by molar-refractivity contribution is -0.132. The highest BCUT2D eigenvalue weighted by atomic mass is 32.1. The van der Waals surface area contributed by atoms with Gasteiger partial charge in [-0.05, 0) is 36.4 Å². The molecule has 0 saturated heterocycles. The summed E-state index contributed by atoms with van der Waals surface area (Å²) in [6, 6.07) is 8.08. The highest BCUT2D eigenvalue weighted by Gasteiger charge is 2.22. The molecule has 0 aliphatic heterocycles. The molecule has 0 aliphatic rings. The Bertz CT molecular complexity index is 1770. The summed E-state index contributed by atoms with van der Waals surface area (Å²) in [6.07, 6.45) is 0. The third kappa shape index (κ3) is 3.05. The monoisotopic (exact) mass is 460 g/mol. The first-order valence-electron chi connectivity index (χ1n) is 9.68. The van der Waals surface area contributed by atoms with Crippen molar-refractivity contribution >= 4 is 65.0 Å². The van der Waals surface area contributed by atoms with Gasteiger partial charge in [0.1, 0.15) is 11.5 Å². The van der Waals surface area contributed by atoms with Gasteiger partial charge in [0.15, 0.2) is 10.9 Å². The number of fused-ring (bicyclic) bond motifs is 5. The van der Waals surface area contributed by atoms with E-state index in [2.05, 4.69) is 0 Å². The highest BCUT2D eigenvalue weighted by molar-refractivity contribution is 7.25. The SMILES string of the molecule is CC(=O)Oc1ccc2c(=O)c3sc4c(=O)c5ccc(OC(C)=O)cc5c(=O)c4c3c(=O)c2c1. The summed E-state index contributed by atoms with van der Waals surface area (Å²) >= 11 is 0.807. The van der Waals surface area contributed by atoms with Crippen molar-refractivity contribution in [3.05, 3.63) is 77.3 Å². The lowest BCUT2D eigenvalue weighted by atomic mass is 10.0. The maximum atomic E-state index is 13.4. The predicted molar refractivity (Wildman–Crippen MR) is 124 cm³/mol. The fourth-order valence-electron chi connectivity index (χ4n) is 3.98. The van der Waals surface area contributed by atoms with Crippen molar-refractivity contribution in [2.45, 2.75) is 13.8 Å². The third-order valence-electron chi connectivity index (χ3n) is 5.26. The number of carbonyl (C=O) groups excluding carboxylic acids is 2. The molecule has 0 spiro atoms. The number of hydrogen-bond donors (Lipinski definition) is 0. The second-order valence-corrected chi connectivity index (χ2v) is 8.45. The Morgan fingerprint density at radius 1 is 0.606 bits per heavy atom. The Hall–Kier alpha value is -4.24. The smallest absolute Gasteiger partial charge is 0.308 e. The van der Waals surface area contributed by atoms with E-state index < -0.39 is 33.7 Å². The number of carbonyl (C=O) groups is 2. The van der Waals surface area contributed by atoms with Crippen molar-refractivity contribution < 1.29 is 19.1 Å². The minimum absolute atomic E-state index is 0.00690. The zero-order chi connectivity index (χ0) is 23.6. The molecule has 1 heterocycles. The van der Waals surface area contributed by atoms with Crippen molar-refractivity contribution in [3.8, 4) is 11.5 Å². The molecule has 0 N–H and O–H groups in total. The van der Waals surface area contributed by atoms with Gasteiger partial charge >= 0.3 is 11.9 Å². The van der Waals surface area contributed by atoms with Crippen LogP contribution in [0.5, 0.6) is 11.5 Å². The van der Waals surface area contributed by atoms with E-state index in [-0.39, 0.29) is 53.2 Å². The van der Waals surface area contributed by atoms with Crippen molar-refractivity contribution in [1.29, 1.82) is 0 Å². The number of hydrogen-bond acceptors (Lipinski definition) is 9. The van der Waals surface area contributed by atoms with E-state index in [1.165, 1.54) is 50.2 Å². The molecular weight excluding hydrogens is 448 g/mol. The van der Waals surface area contributed by atoms with Gasteiger partial charge in [-0.2, -0.15) is 0 Å². The van der Waals surface area contributed by atoms with E-state index in [4.69, 9.17) is 9.47 Å². The second kappa shape index (κ2) is 7.14. The van der Waals surface area contributed by atoms with Crippen LogP contribution in [0.2, 0.25) is 0 Å². The van der Waals surface area contributed by atoms with Crippen LogP contribution in [0, 0.1) is 0 Å². The van der Waals surface area contributed by atoms with Crippen LogP contribution in [0.4, 0.5) is 0 Å². The van der Waals surface area contributed by atoms with E-state index in [0.29, 0.717) is 0 Å². The van der Waals surface area contributed by atoms with Crippen LogP contribution in [0.25, 0.3) is 41.7 Å². The van der Waals surface area contributed by atoms with E-state index in [1.54, 1.807) is 0 Å². The third-order valence-corrected chi connectivity index (χ3v) is 6.45.